The number of hydrogen-bond donors (Lipinski definition) is 5. The van der Waals surface area contributed by atoms with Crippen LogP contribution >= 0.6 is 0 Å². The van der Waals surface area contributed by atoms with Crippen molar-refractivity contribution in [2.75, 3.05) is 14.1 Å². The SMILES string of the molecule is CN(C)[C@@H]1C(=O)C(C(N)=O)=C(O)[C@@]2(O)C(=O)C3=C(O)c4c(O)ccc(CCC(=O)c5cnoc5)c4C[C@@H]3C[C@H]12. The van der Waals surface area contributed by atoms with Gasteiger partial charge in [0.25, 0.3) is 5.91 Å². The number of aryl methyl sites for hydroxylation is 1. The molecule has 2 aromatic rings. The molecule has 12 heteroatoms. The number of Topliss-reactive ketones (excluding diaryl/α,β-unsaturated/α-hetero) is 3. The molecule has 204 valence electrons. The van der Waals surface area contributed by atoms with Crippen molar-refractivity contribution in [2.24, 2.45) is 17.6 Å². The van der Waals surface area contributed by atoms with Gasteiger partial charge in [0.2, 0.25) is 5.78 Å². The Morgan fingerprint density at radius 2 is 1.92 bits per heavy atom. The van der Waals surface area contributed by atoms with E-state index in [4.69, 9.17) is 10.3 Å². The summed E-state index contributed by atoms with van der Waals surface area (Å²) in [5.41, 5.74) is 3.04. The average molecular weight is 538 g/mol. The smallest absolute Gasteiger partial charge is 0.255 e. The fourth-order valence-corrected chi connectivity index (χ4v) is 6.28. The lowest BCUT2D eigenvalue weighted by molar-refractivity contribution is -0.153. The summed E-state index contributed by atoms with van der Waals surface area (Å²) >= 11 is 0. The van der Waals surface area contributed by atoms with Crippen LogP contribution in [0.15, 0.2) is 46.0 Å². The number of aliphatic hydroxyl groups is 3. The number of nitrogens with zero attached hydrogens (tertiary/aromatic N) is 2. The van der Waals surface area contributed by atoms with Crippen molar-refractivity contribution in [3.8, 4) is 5.75 Å². The molecule has 0 saturated heterocycles. The van der Waals surface area contributed by atoms with E-state index >= 15 is 0 Å². The fourth-order valence-electron chi connectivity index (χ4n) is 6.28. The highest BCUT2D eigenvalue weighted by Gasteiger charge is 2.64. The van der Waals surface area contributed by atoms with Gasteiger partial charge in [-0.1, -0.05) is 11.2 Å². The monoisotopic (exact) mass is 537 g/mol. The first-order valence-electron chi connectivity index (χ1n) is 12.3. The maximum Gasteiger partial charge on any atom is 0.255 e. The van der Waals surface area contributed by atoms with E-state index in [0.29, 0.717) is 16.7 Å². The number of phenols is 1. The normalized spacial score (nSPS) is 26.4. The Kier molecular flexibility index (Phi) is 6.19. The molecule has 1 fully saturated rings. The van der Waals surface area contributed by atoms with Gasteiger partial charge >= 0.3 is 0 Å². The number of fused-ring (bicyclic) bond motifs is 3. The molecule has 0 radical (unpaired) electrons. The second-order valence-electron chi connectivity index (χ2n) is 10.4. The number of primary amides is 1. The van der Waals surface area contributed by atoms with Crippen LogP contribution in [0.25, 0.3) is 5.76 Å². The van der Waals surface area contributed by atoms with Gasteiger partial charge in [0, 0.05) is 17.9 Å². The Morgan fingerprint density at radius 1 is 1.21 bits per heavy atom. The maximum atomic E-state index is 13.8. The van der Waals surface area contributed by atoms with E-state index in [2.05, 4.69) is 5.16 Å². The Hall–Kier alpha value is -4.29. The zero-order valence-electron chi connectivity index (χ0n) is 21.2. The molecule has 39 heavy (non-hydrogen) atoms. The van der Waals surface area contributed by atoms with Crippen molar-refractivity contribution >= 4 is 29.0 Å². The van der Waals surface area contributed by atoms with Crippen molar-refractivity contribution in [1.82, 2.24) is 10.1 Å². The van der Waals surface area contributed by atoms with Crippen LogP contribution in [0.3, 0.4) is 0 Å². The first-order valence-corrected chi connectivity index (χ1v) is 12.3. The number of carbonyl (C=O) groups is 4. The minimum absolute atomic E-state index is 0.0128. The van der Waals surface area contributed by atoms with Gasteiger partial charge in [-0.05, 0) is 56.5 Å². The summed E-state index contributed by atoms with van der Waals surface area (Å²) in [7, 11) is 3.08. The predicted molar refractivity (Wildman–Crippen MR) is 133 cm³/mol. The number of hydrogen-bond acceptors (Lipinski definition) is 11. The summed E-state index contributed by atoms with van der Waals surface area (Å²) in [6.45, 7) is 0. The van der Waals surface area contributed by atoms with Gasteiger partial charge in [-0.15, -0.1) is 0 Å². The number of aromatic nitrogens is 1. The van der Waals surface area contributed by atoms with Crippen molar-refractivity contribution < 1.29 is 44.1 Å². The summed E-state index contributed by atoms with van der Waals surface area (Å²) in [6.07, 6.45) is 3.04. The summed E-state index contributed by atoms with van der Waals surface area (Å²) in [5.74, 6) is -7.27. The highest BCUT2D eigenvalue weighted by molar-refractivity contribution is 6.24. The molecule has 1 heterocycles. The molecule has 6 N–H and O–H groups in total. The second-order valence-corrected chi connectivity index (χ2v) is 10.4. The molecular weight excluding hydrogens is 510 g/mol. The van der Waals surface area contributed by atoms with Gasteiger partial charge in [-0.25, -0.2) is 0 Å². The van der Waals surface area contributed by atoms with Gasteiger partial charge < -0.3 is 30.7 Å². The molecule has 3 aliphatic carbocycles. The Balaban J connectivity index is 1.61. The topological polar surface area (TPSA) is 204 Å². The number of aromatic hydroxyl groups is 1. The van der Waals surface area contributed by atoms with Crippen LogP contribution in [0, 0.1) is 11.8 Å². The molecule has 12 nitrogen and oxygen atoms in total. The molecule has 1 saturated carbocycles. The van der Waals surface area contributed by atoms with Crippen LogP contribution < -0.4 is 5.73 Å². The van der Waals surface area contributed by atoms with Gasteiger partial charge in [-0.2, -0.15) is 0 Å². The van der Waals surface area contributed by atoms with Crippen LogP contribution in [-0.4, -0.2) is 79.5 Å². The molecule has 3 aliphatic rings. The number of aliphatic hydroxyl groups excluding tert-OH is 2. The number of phenolic OH excluding ortho intramolecular Hbond substituents is 1. The number of benzene rings is 1. The Bertz CT molecular complexity index is 1490. The molecule has 0 unspecified atom stereocenters. The Morgan fingerprint density at radius 3 is 2.54 bits per heavy atom. The first kappa shape index (κ1) is 26.3. The van der Waals surface area contributed by atoms with E-state index < -0.39 is 58.0 Å². The molecule has 4 atom stereocenters. The molecular formula is C27H27N3O9. The third-order valence-electron chi connectivity index (χ3n) is 8.08. The quantitative estimate of drug-likeness (QED) is 0.257. The second kappa shape index (κ2) is 9.17. The van der Waals surface area contributed by atoms with Crippen molar-refractivity contribution in [2.45, 2.75) is 37.3 Å². The van der Waals surface area contributed by atoms with Gasteiger partial charge in [0.05, 0.1) is 23.4 Å². The lowest BCUT2D eigenvalue weighted by Crippen LogP contribution is -2.65. The van der Waals surface area contributed by atoms with Crippen LogP contribution in [0.2, 0.25) is 0 Å². The molecule has 1 amide bonds. The Labute approximate surface area is 222 Å². The van der Waals surface area contributed by atoms with E-state index in [0.717, 1.165) is 0 Å². The number of rotatable bonds is 6. The van der Waals surface area contributed by atoms with E-state index in [9.17, 15) is 39.6 Å². The average Bonchev–Trinajstić information content (AvgIpc) is 3.40. The third kappa shape index (κ3) is 3.78. The van der Waals surface area contributed by atoms with Crippen molar-refractivity contribution in [3.63, 3.8) is 0 Å². The molecule has 0 aliphatic heterocycles. The molecule has 1 aromatic carbocycles. The van der Waals surface area contributed by atoms with E-state index in [1.165, 1.54) is 37.5 Å². The molecule has 0 bridgehead atoms. The summed E-state index contributed by atoms with van der Waals surface area (Å²) < 4.78 is 4.72. The van der Waals surface area contributed by atoms with E-state index in [1.807, 2.05) is 0 Å². The van der Waals surface area contributed by atoms with Crippen molar-refractivity contribution in [1.29, 1.82) is 0 Å². The summed E-state index contributed by atoms with van der Waals surface area (Å²) in [6, 6.07) is 1.81. The van der Waals surface area contributed by atoms with E-state index in [1.54, 1.807) is 6.07 Å². The third-order valence-corrected chi connectivity index (χ3v) is 8.08. The molecule has 0 spiro atoms. The van der Waals surface area contributed by atoms with Crippen molar-refractivity contribution in [3.05, 3.63) is 63.8 Å². The minimum atomic E-state index is -2.69. The maximum absolute atomic E-state index is 13.8. The number of likely N-dealkylation sites (N-methyl/N-ethyl adjacent to an activating group) is 1. The van der Waals surface area contributed by atoms with Gasteiger partial charge in [0.1, 0.15) is 29.1 Å². The van der Waals surface area contributed by atoms with Crippen LogP contribution in [0.5, 0.6) is 5.75 Å². The number of nitrogens with two attached hydrogens (primary N) is 1. The largest absolute Gasteiger partial charge is 0.508 e. The minimum Gasteiger partial charge on any atom is -0.508 e. The summed E-state index contributed by atoms with van der Waals surface area (Å²) in [4.78, 5) is 53.0. The zero-order valence-corrected chi connectivity index (χ0v) is 21.2. The standard InChI is InChI=1S/C27H27N3O9/c1-30(2)21-15-8-12-7-14-11(3-5-16(31)13-9-29-39-10-13)4-6-17(32)19(14)22(33)18(12)24(35)27(15,38)25(36)20(23(21)34)26(28)37/h4,6,9-10,12,15,21,32-33,36,38H,3,5,7-8H2,1-2H3,(H2,28,37)/t12-,15-,21+,27+/m1/s1. The van der Waals surface area contributed by atoms with Crippen LogP contribution in [0.4, 0.5) is 0 Å². The lowest BCUT2D eigenvalue weighted by Gasteiger charge is -2.50. The van der Waals surface area contributed by atoms with Gasteiger partial charge in [0.15, 0.2) is 17.2 Å². The lowest BCUT2D eigenvalue weighted by atomic mass is 9.57. The molecule has 5 rings (SSSR count). The fraction of sp³-hybridized carbons (Fsp3) is 0.370. The van der Waals surface area contributed by atoms with Crippen LogP contribution in [0.1, 0.15) is 39.9 Å². The number of carbonyl (C=O) groups excluding carboxylic acids is 4. The number of amides is 1. The predicted octanol–water partition coefficient (Wildman–Crippen LogP) is 0.768. The first-order chi connectivity index (χ1) is 18.4. The van der Waals surface area contributed by atoms with Crippen LogP contribution in [-0.2, 0) is 27.2 Å². The number of ketones is 3. The zero-order chi connectivity index (χ0) is 28.4. The molecule has 1 aromatic heterocycles. The summed E-state index contributed by atoms with van der Waals surface area (Å²) in [5, 5.41) is 48.0. The highest BCUT2D eigenvalue weighted by atomic mass is 16.5. The van der Waals surface area contributed by atoms with Gasteiger partial charge in [-0.3, -0.25) is 24.1 Å². The highest BCUT2D eigenvalue weighted by Crippen LogP contribution is 2.53. The van der Waals surface area contributed by atoms with E-state index in [-0.39, 0.29) is 48.4 Å².